The zero-order valence-corrected chi connectivity index (χ0v) is 16.1. The molecule has 3 aromatic carbocycles. The zero-order valence-electron chi connectivity index (χ0n) is 16.1. The number of ether oxygens (including phenoxy) is 3. The second-order valence-electron chi connectivity index (χ2n) is 5.85. The van der Waals surface area contributed by atoms with Crippen LogP contribution in [-0.2, 0) is 0 Å². The van der Waals surface area contributed by atoms with Gasteiger partial charge in [-0.2, -0.15) is 5.10 Å². The van der Waals surface area contributed by atoms with Crippen molar-refractivity contribution >= 4 is 11.9 Å². The Kier molecular flexibility index (Phi) is 6.41. The topological polar surface area (TPSA) is 52.4 Å². The van der Waals surface area contributed by atoms with Gasteiger partial charge in [0.2, 0.25) is 5.75 Å². The zero-order chi connectivity index (χ0) is 19.8. The Hall–Kier alpha value is -3.60. The van der Waals surface area contributed by atoms with Crippen molar-refractivity contribution in [3.8, 4) is 17.2 Å². The van der Waals surface area contributed by atoms with Crippen molar-refractivity contribution in [3.63, 3.8) is 0 Å². The lowest BCUT2D eigenvalue weighted by Crippen LogP contribution is -2.02. The van der Waals surface area contributed by atoms with Crippen molar-refractivity contribution in [3.05, 3.63) is 89.5 Å². The van der Waals surface area contributed by atoms with Crippen molar-refractivity contribution in [1.29, 1.82) is 0 Å². The van der Waals surface area contributed by atoms with E-state index in [-0.39, 0.29) is 0 Å². The first-order valence-corrected chi connectivity index (χ1v) is 8.79. The molecule has 3 aromatic rings. The molecule has 0 aliphatic heterocycles. The van der Waals surface area contributed by atoms with E-state index < -0.39 is 0 Å². The quantitative estimate of drug-likeness (QED) is 0.449. The van der Waals surface area contributed by atoms with Gasteiger partial charge >= 0.3 is 0 Å². The molecule has 0 aliphatic carbocycles. The Balaban J connectivity index is 2.01. The summed E-state index contributed by atoms with van der Waals surface area (Å²) in [6.07, 6.45) is 1.65. The second kappa shape index (κ2) is 9.37. The average molecular weight is 374 g/mol. The largest absolute Gasteiger partial charge is 0.493 e. The fraction of sp³-hybridized carbons (Fsp3) is 0.130. The maximum atomic E-state index is 5.49. The van der Waals surface area contributed by atoms with Crippen LogP contribution in [-0.4, -0.2) is 33.3 Å². The Morgan fingerprint density at radius 3 is 1.75 bits per heavy atom. The van der Waals surface area contributed by atoms with Crippen LogP contribution in [0.4, 0.5) is 0 Å². The van der Waals surface area contributed by atoms with E-state index in [9.17, 15) is 0 Å². The first kappa shape index (κ1) is 19.2. The molecule has 0 heterocycles. The van der Waals surface area contributed by atoms with Crippen LogP contribution >= 0.6 is 0 Å². The molecule has 0 spiro atoms. The predicted octanol–water partition coefficient (Wildman–Crippen LogP) is 4.58. The lowest BCUT2D eigenvalue weighted by Gasteiger charge is -2.13. The highest BCUT2D eigenvalue weighted by Gasteiger charge is 2.14. The van der Waals surface area contributed by atoms with Crippen LogP contribution in [0.25, 0.3) is 0 Å². The molecule has 5 heteroatoms. The highest BCUT2D eigenvalue weighted by molar-refractivity contribution is 6.13. The van der Waals surface area contributed by atoms with E-state index in [1.165, 1.54) is 0 Å². The first-order valence-electron chi connectivity index (χ1n) is 8.79. The minimum absolute atomic E-state index is 0.518. The SMILES string of the molecule is COc1ccc(/C=N\N=C(c2ccccc2)c2ccccc2)c(OC)c1OC. The monoisotopic (exact) mass is 374 g/mol. The van der Waals surface area contributed by atoms with Crippen LogP contribution < -0.4 is 14.2 Å². The molecular formula is C23H22N2O3. The van der Waals surface area contributed by atoms with Gasteiger partial charge in [0, 0.05) is 16.7 Å². The second-order valence-corrected chi connectivity index (χ2v) is 5.85. The van der Waals surface area contributed by atoms with E-state index in [1.807, 2.05) is 72.8 Å². The van der Waals surface area contributed by atoms with Crippen LogP contribution in [0.5, 0.6) is 17.2 Å². The fourth-order valence-corrected chi connectivity index (χ4v) is 2.85. The van der Waals surface area contributed by atoms with Gasteiger partial charge in [0.25, 0.3) is 0 Å². The van der Waals surface area contributed by atoms with Crippen LogP contribution in [0.3, 0.4) is 0 Å². The Labute approximate surface area is 164 Å². The van der Waals surface area contributed by atoms with Gasteiger partial charge in [0.15, 0.2) is 11.5 Å². The third kappa shape index (κ3) is 4.20. The van der Waals surface area contributed by atoms with Crippen molar-refractivity contribution in [1.82, 2.24) is 0 Å². The minimum atomic E-state index is 0.518. The summed E-state index contributed by atoms with van der Waals surface area (Å²) in [5.41, 5.74) is 3.51. The predicted molar refractivity (Wildman–Crippen MR) is 112 cm³/mol. The van der Waals surface area contributed by atoms with Gasteiger partial charge in [0.05, 0.1) is 27.5 Å². The number of hydrogen-bond donors (Lipinski definition) is 0. The summed E-state index contributed by atoms with van der Waals surface area (Å²) in [7, 11) is 4.74. The Morgan fingerprint density at radius 2 is 1.25 bits per heavy atom. The third-order valence-electron chi connectivity index (χ3n) is 4.18. The van der Waals surface area contributed by atoms with Gasteiger partial charge in [-0.25, -0.2) is 0 Å². The number of benzene rings is 3. The molecule has 0 atom stereocenters. The summed E-state index contributed by atoms with van der Waals surface area (Å²) < 4.78 is 16.2. The standard InChI is InChI=1S/C23H22N2O3/c1-26-20-15-14-19(22(27-2)23(20)28-3)16-24-25-21(17-10-6-4-7-11-17)18-12-8-5-9-13-18/h4-16H,1-3H3/b24-16-. The van der Waals surface area contributed by atoms with Gasteiger partial charge in [0.1, 0.15) is 5.71 Å². The summed E-state index contributed by atoms with van der Waals surface area (Å²) in [4.78, 5) is 0. The highest BCUT2D eigenvalue weighted by Crippen LogP contribution is 2.39. The lowest BCUT2D eigenvalue weighted by atomic mass is 10.0. The maximum absolute atomic E-state index is 5.49. The molecule has 0 aromatic heterocycles. The highest BCUT2D eigenvalue weighted by atomic mass is 16.5. The van der Waals surface area contributed by atoms with Crippen LogP contribution in [0.15, 0.2) is 83.0 Å². The maximum Gasteiger partial charge on any atom is 0.203 e. The van der Waals surface area contributed by atoms with E-state index in [1.54, 1.807) is 27.5 Å². The van der Waals surface area contributed by atoms with Gasteiger partial charge in [-0.15, -0.1) is 5.10 Å². The molecule has 0 unspecified atom stereocenters. The molecule has 0 aliphatic rings. The van der Waals surface area contributed by atoms with Gasteiger partial charge in [-0.05, 0) is 12.1 Å². The molecule has 142 valence electrons. The molecule has 0 saturated heterocycles. The molecule has 0 saturated carbocycles. The molecule has 0 radical (unpaired) electrons. The van der Waals surface area contributed by atoms with E-state index in [0.717, 1.165) is 22.4 Å². The average Bonchev–Trinajstić information content (AvgIpc) is 2.77. The van der Waals surface area contributed by atoms with Gasteiger partial charge in [-0.3, -0.25) is 0 Å². The molecule has 5 nitrogen and oxygen atoms in total. The third-order valence-corrected chi connectivity index (χ3v) is 4.18. The molecule has 0 amide bonds. The lowest BCUT2D eigenvalue weighted by molar-refractivity contribution is 0.324. The van der Waals surface area contributed by atoms with Crippen LogP contribution in [0.2, 0.25) is 0 Å². The molecule has 28 heavy (non-hydrogen) atoms. The molecule has 0 fully saturated rings. The Morgan fingerprint density at radius 1 is 0.679 bits per heavy atom. The summed E-state index contributed by atoms with van der Waals surface area (Å²) in [6.45, 7) is 0. The van der Waals surface area contributed by atoms with Crippen LogP contribution in [0, 0.1) is 0 Å². The fourth-order valence-electron chi connectivity index (χ4n) is 2.85. The number of hydrogen-bond acceptors (Lipinski definition) is 5. The summed E-state index contributed by atoms with van der Waals surface area (Å²) in [5.74, 6) is 1.65. The minimum Gasteiger partial charge on any atom is -0.493 e. The number of methoxy groups -OCH3 is 3. The molecule has 0 bridgehead atoms. The summed E-state index contributed by atoms with van der Waals surface area (Å²) in [6, 6.07) is 23.6. The number of nitrogens with zero attached hydrogens (tertiary/aromatic N) is 2. The van der Waals surface area contributed by atoms with Crippen molar-refractivity contribution in [2.24, 2.45) is 10.2 Å². The Bertz CT molecular complexity index is 926. The van der Waals surface area contributed by atoms with Crippen molar-refractivity contribution in [2.75, 3.05) is 21.3 Å². The van der Waals surface area contributed by atoms with Crippen LogP contribution in [0.1, 0.15) is 16.7 Å². The number of rotatable bonds is 7. The molecular weight excluding hydrogens is 352 g/mol. The first-order chi connectivity index (χ1) is 13.8. The van der Waals surface area contributed by atoms with E-state index in [4.69, 9.17) is 14.2 Å². The van der Waals surface area contributed by atoms with E-state index >= 15 is 0 Å². The molecule has 0 N–H and O–H groups in total. The smallest absolute Gasteiger partial charge is 0.203 e. The molecule has 3 rings (SSSR count). The van der Waals surface area contributed by atoms with Gasteiger partial charge < -0.3 is 14.2 Å². The summed E-state index contributed by atoms with van der Waals surface area (Å²) >= 11 is 0. The van der Waals surface area contributed by atoms with Crippen molar-refractivity contribution < 1.29 is 14.2 Å². The normalized spacial score (nSPS) is 10.5. The van der Waals surface area contributed by atoms with Crippen molar-refractivity contribution in [2.45, 2.75) is 0 Å². The van der Waals surface area contributed by atoms with Gasteiger partial charge in [-0.1, -0.05) is 60.7 Å². The van der Waals surface area contributed by atoms with E-state index in [0.29, 0.717) is 17.2 Å². The van der Waals surface area contributed by atoms with E-state index in [2.05, 4.69) is 10.2 Å². The summed E-state index contributed by atoms with van der Waals surface area (Å²) in [5, 5.41) is 8.81.